The molecule has 2 rings (SSSR count). The van der Waals surface area contributed by atoms with Crippen molar-refractivity contribution in [3.63, 3.8) is 0 Å². The number of hydrogen-bond donors (Lipinski definition) is 2. The van der Waals surface area contributed by atoms with Gasteiger partial charge in [-0.25, -0.2) is 4.79 Å². The van der Waals surface area contributed by atoms with Crippen LogP contribution in [0.2, 0.25) is 5.02 Å². The van der Waals surface area contributed by atoms with Crippen molar-refractivity contribution in [1.82, 2.24) is 0 Å². The molecule has 0 radical (unpaired) electrons. The summed E-state index contributed by atoms with van der Waals surface area (Å²) < 4.78 is 4.77. The standard InChI is InChI=1S/C15H17ClN2O2S/c1-8-4-11(21-9(8)2)7-18-14-12(15(19)20-3)5-10(17)6-13(14)16/h4-6,18H,7,17H2,1-3H3. The van der Waals surface area contributed by atoms with Gasteiger partial charge in [-0.3, -0.25) is 0 Å². The van der Waals surface area contributed by atoms with Crippen LogP contribution in [0.25, 0.3) is 0 Å². The number of benzene rings is 1. The Balaban J connectivity index is 2.28. The topological polar surface area (TPSA) is 64.3 Å². The monoisotopic (exact) mass is 324 g/mol. The number of thiophene rings is 1. The predicted octanol–water partition coefficient (Wildman–Crippen LogP) is 4.00. The molecule has 0 bridgehead atoms. The number of methoxy groups -OCH3 is 1. The second-order valence-electron chi connectivity index (χ2n) is 4.72. The predicted molar refractivity (Wildman–Crippen MR) is 88.3 cm³/mol. The fourth-order valence-electron chi connectivity index (χ4n) is 1.99. The van der Waals surface area contributed by atoms with Gasteiger partial charge >= 0.3 is 5.97 Å². The fourth-order valence-corrected chi connectivity index (χ4v) is 3.28. The molecule has 0 spiro atoms. The summed E-state index contributed by atoms with van der Waals surface area (Å²) >= 11 is 7.91. The molecule has 112 valence electrons. The summed E-state index contributed by atoms with van der Waals surface area (Å²) in [6.07, 6.45) is 0. The van der Waals surface area contributed by atoms with Crippen molar-refractivity contribution in [3.05, 3.63) is 44.1 Å². The van der Waals surface area contributed by atoms with Gasteiger partial charge in [0.05, 0.1) is 23.4 Å². The molecular formula is C15H17ClN2O2S. The number of nitrogens with one attached hydrogen (secondary N) is 1. The Labute approximate surface area is 132 Å². The van der Waals surface area contributed by atoms with Crippen LogP contribution >= 0.6 is 22.9 Å². The highest BCUT2D eigenvalue weighted by molar-refractivity contribution is 7.12. The van der Waals surface area contributed by atoms with E-state index in [1.54, 1.807) is 23.5 Å². The Kier molecular flexibility index (Phi) is 4.75. The third kappa shape index (κ3) is 3.49. The minimum absolute atomic E-state index is 0.340. The Morgan fingerprint density at radius 2 is 2.10 bits per heavy atom. The molecule has 0 amide bonds. The van der Waals surface area contributed by atoms with E-state index >= 15 is 0 Å². The van der Waals surface area contributed by atoms with Gasteiger partial charge in [-0.05, 0) is 37.6 Å². The number of ether oxygens (including phenoxy) is 1. The van der Waals surface area contributed by atoms with Gasteiger partial charge in [0.2, 0.25) is 0 Å². The molecule has 6 heteroatoms. The fraction of sp³-hybridized carbons (Fsp3) is 0.267. The molecule has 1 aromatic heterocycles. The van der Waals surface area contributed by atoms with E-state index in [-0.39, 0.29) is 0 Å². The van der Waals surface area contributed by atoms with Crippen molar-refractivity contribution in [2.24, 2.45) is 0 Å². The minimum Gasteiger partial charge on any atom is -0.465 e. The normalized spacial score (nSPS) is 10.5. The van der Waals surface area contributed by atoms with E-state index in [0.29, 0.717) is 28.5 Å². The number of nitrogen functional groups attached to an aromatic ring is 1. The van der Waals surface area contributed by atoms with Gasteiger partial charge in [0.1, 0.15) is 0 Å². The molecule has 0 aliphatic rings. The van der Waals surface area contributed by atoms with Crippen LogP contribution in [-0.2, 0) is 11.3 Å². The Morgan fingerprint density at radius 3 is 2.67 bits per heavy atom. The van der Waals surface area contributed by atoms with E-state index in [1.165, 1.54) is 22.4 Å². The molecule has 0 unspecified atom stereocenters. The number of esters is 1. The molecule has 0 atom stereocenters. The average Bonchev–Trinajstić information content (AvgIpc) is 2.75. The summed E-state index contributed by atoms with van der Waals surface area (Å²) in [4.78, 5) is 14.3. The molecule has 0 saturated heterocycles. The minimum atomic E-state index is -0.467. The average molecular weight is 325 g/mol. The molecule has 2 aromatic rings. The van der Waals surface area contributed by atoms with Crippen molar-refractivity contribution in [3.8, 4) is 0 Å². The highest BCUT2D eigenvalue weighted by Gasteiger charge is 2.16. The number of hydrogen-bond acceptors (Lipinski definition) is 5. The zero-order valence-corrected chi connectivity index (χ0v) is 13.7. The first-order valence-electron chi connectivity index (χ1n) is 6.39. The molecule has 0 saturated carbocycles. The molecular weight excluding hydrogens is 308 g/mol. The molecule has 4 nitrogen and oxygen atoms in total. The van der Waals surface area contributed by atoms with Crippen molar-refractivity contribution >= 4 is 40.3 Å². The van der Waals surface area contributed by atoms with Crippen molar-refractivity contribution in [2.75, 3.05) is 18.2 Å². The van der Waals surface area contributed by atoms with Crippen LogP contribution in [0.15, 0.2) is 18.2 Å². The van der Waals surface area contributed by atoms with Crippen LogP contribution in [-0.4, -0.2) is 13.1 Å². The summed E-state index contributed by atoms with van der Waals surface area (Å²) in [7, 11) is 1.33. The van der Waals surface area contributed by atoms with E-state index in [2.05, 4.69) is 25.2 Å². The molecule has 1 heterocycles. The highest BCUT2D eigenvalue weighted by atomic mass is 35.5. The summed E-state index contributed by atoms with van der Waals surface area (Å²) in [5.74, 6) is -0.467. The lowest BCUT2D eigenvalue weighted by molar-refractivity contribution is 0.0602. The van der Waals surface area contributed by atoms with Gasteiger partial charge in [0.15, 0.2) is 0 Å². The van der Waals surface area contributed by atoms with E-state index in [0.717, 1.165) is 0 Å². The number of rotatable bonds is 4. The molecule has 0 aliphatic heterocycles. The maximum Gasteiger partial charge on any atom is 0.340 e. The molecule has 1 aromatic carbocycles. The van der Waals surface area contributed by atoms with Gasteiger partial charge in [0, 0.05) is 22.0 Å². The second kappa shape index (κ2) is 6.37. The maximum absolute atomic E-state index is 11.8. The highest BCUT2D eigenvalue weighted by Crippen LogP contribution is 2.31. The number of aryl methyl sites for hydroxylation is 2. The maximum atomic E-state index is 11.8. The Hall–Kier alpha value is -1.72. The number of anilines is 2. The van der Waals surface area contributed by atoms with Crippen molar-refractivity contribution in [1.29, 1.82) is 0 Å². The zero-order chi connectivity index (χ0) is 15.6. The van der Waals surface area contributed by atoms with Crippen LogP contribution in [0.5, 0.6) is 0 Å². The lowest BCUT2D eigenvalue weighted by Crippen LogP contribution is -2.09. The first-order valence-corrected chi connectivity index (χ1v) is 7.59. The first-order chi connectivity index (χ1) is 9.92. The zero-order valence-electron chi connectivity index (χ0n) is 12.1. The smallest absolute Gasteiger partial charge is 0.340 e. The van der Waals surface area contributed by atoms with Gasteiger partial charge in [-0.2, -0.15) is 0 Å². The number of carbonyl (C=O) groups is 1. The number of nitrogens with two attached hydrogens (primary N) is 1. The summed E-state index contributed by atoms with van der Waals surface area (Å²) in [6, 6.07) is 5.29. The van der Waals surface area contributed by atoms with E-state index in [9.17, 15) is 4.79 Å². The summed E-state index contributed by atoms with van der Waals surface area (Å²) in [6.45, 7) is 4.75. The summed E-state index contributed by atoms with van der Waals surface area (Å²) in [5, 5.41) is 3.61. The van der Waals surface area contributed by atoms with Gasteiger partial charge in [0.25, 0.3) is 0 Å². The SMILES string of the molecule is COC(=O)c1cc(N)cc(Cl)c1NCc1cc(C)c(C)s1. The van der Waals surface area contributed by atoms with Crippen LogP contribution < -0.4 is 11.1 Å². The lowest BCUT2D eigenvalue weighted by atomic mass is 10.1. The molecule has 21 heavy (non-hydrogen) atoms. The van der Waals surface area contributed by atoms with E-state index in [4.69, 9.17) is 22.1 Å². The van der Waals surface area contributed by atoms with Crippen LogP contribution in [0.1, 0.15) is 25.7 Å². The first kappa shape index (κ1) is 15.7. The molecule has 0 aliphatic carbocycles. The molecule has 0 fully saturated rings. The third-order valence-corrected chi connectivity index (χ3v) is 4.62. The quantitative estimate of drug-likeness (QED) is 0.659. The van der Waals surface area contributed by atoms with E-state index < -0.39 is 5.97 Å². The largest absolute Gasteiger partial charge is 0.465 e. The van der Waals surface area contributed by atoms with Crippen molar-refractivity contribution in [2.45, 2.75) is 20.4 Å². The number of halogens is 1. The second-order valence-corrected chi connectivity index (χ2v) is 6.47. The van der Waals surface area contributed by atoms with Crippen LogP contribution in [0.3, 0.4) is 0 Å². The number of carbonyl (C=O) groups excluding carboxylic acids is 1. The van der Waals surface area contributed by atoms with Crippen molar-refractivity contribution < 1.29 is 9.53 Å². The Morgan fingerprint density at radius 1 is 1.38 bits per heavy atom. The van der Waals surface area contributed by atoms with Gasteiger partial charge in [-0.15, -0.1) is 11.3 Å². The lowest BCUT2D eigenvalue weighted by Gasteiger charge is -2.13. The molecule has 3 N–H and O–H groups in total. The van der Waals surface area contributed by atoms with Crippen LogP contribution in [0, 0.1) is 13.8 Å². The summed E-state index contributed by atoms with van der Waals surface area (Å²) in [5.41, 5.74) is 8.30. The third-order valence-electron chi connectivity index (χ3n) is 3.17. The van der Waals surface area contributed by atoms with Gasteiger partial charge < -0.3 is 15.8 Å². The van der Waals surface area contributed by atoms with E-state index in [1.807, 2.05) is 0 Å². The van der Waals surface area contributed by atoms with Gasteiger partial charge in [-0.1, -0.05) is 11.6 Å². The Bertz CT molecular complexity index is 663. The van der Waals surface area contributed by atoms with Crippen LogP contribution in [0.4, 0.5) is 11.4 Å².